The van der Waals surface area contributed by atoms with Gasteiger partial charge in [-0.05, 0) is 28.8 Å². The summed E-state index contributed by atoms with van der Waals surface area (Å²) in [6, 6.07) is 21.4. The highest BCUT2D eigenvalue weighted by molar-refractivity contribution is 5.97. The number of piperazine rings is 1. The van der Waals surface area contributed by atoms with Gasteiger partial charge in [0, 0.05) is 24.9 Å². The molecular formula is C27H25N3O3. The number of aliphatic hydroxyl groups excluding tert-OH is 1. The molecule has 6 nitrogen and oxygen atoms in total. The van der Waals surface area contributed by atoms with Gasteiger partial charge in [-0.3, -0.25) is 14.6 Å². The molecule has 2 amide bonds. The second-order valence-corrected chi connectivity index (χ2v) is 8.48. The number of rotatable bonds is 5. The highest BCUT2D eigenvalue weighted by atomic mass is 16.3. The number of carbonyl (C=O) groups excluding carboxylic acids is 2. The van der Waals surface area contributed by atoms with Gasteiger partial charge in [-0.2, -0.15) is 0 Å². The third-order valence-corrected chi connectivity index (χ3v) is 6.54. The van der Waals surface area contributed by atoms with E-state index < -0.39 is 0 Å². The number of carbonyl (C=O) groups is 2. The van der Waals surface area contributed by atoms with E-state index in [9.17, 15) is 14.7 Å². The maximum absolute atomic E-state index is 12.9. The molecule has 2 aromatic carbocycles. The van der Waals surface area contributed by atoms with Crippen molar-refractivity contribution in [3.63, 3.8) is 0 Å². The third-order valence-electron chi connectivity index (χ3n) is 6.54. The second kappa shape index (κ2) is 9.00. The predicted octanol–water partition coefficient (Wildman–Crippen LogP) is 3.06. The number of aromatic nitrogens is 1. The van der Waals surface area contributed by atoms with Crippen molar-refractivity contribution in [2.75, 3.05) is 19.7 Å². The maximum atomic E-state index is 12.9. The first-order valence-corrected chi connectivity index (χ1v) is 11.1. The Kier molecular flexibility index (Phi) is 5.75. The molecule has 2 aliphatic rings. The lowest BCUT2D eigenvalue weighted by molar-refractivity contribution is -0.159. The van der Waals surface area contributed by atoms with Crippen LogP contribution in [-0.2, 0) is 4.79 Å². The number of hydrogen-bond acceptors (Lipinski definition) is 4. The van der Waals surface area contributed by atoms with Gasteiger partial charge < -0.3 is 14.9 Å². The zero-order chi connectivity index (χ0) is 22.8. The monoisotopic (exact) mass is 439 g/mol. The minimum atomic E-state index is -0.260. The normalized spacial score (nSPS) is 22.2. The summed E-state index contributed by atoms with van der Waals surface area (Å²) < 4.78 is 0. The van der Waals surface area contributed by atoms with E-state index in [0.29, 0.717) is 12.1 Å². The highest BCUT2D eigenvalue weighted by Gasteiger charge is 2.54. The Morgan fingerprint density at radius 3 is 2.39 bits per heavy atom. The van der Waals surface area contributed by atoms with Crippen LogP contribution in [0.15, 0.2) is 79.1 Å². The molecule has 3 heterocycles. The van der Waals surface area contributed by atoms with Gasteiger partial charge in [0.2, 0.25) is 5.91 Å². The van der Waals surface area contributed by atoms with Crippen LogP contribution in [0.4, 0.5) is 0 Å². The van der Waals surface area contributed by atoms with Crippen LogP contribution in [0.2, 0.25) is 0 Å². The Morgan fingerprint density at radius 1 is 1.00 bits per heavy atom. The Balaban J connectivity index is 1.34. The summed E-state index contributed by atoms with van der Waals surface area (Å²) in [4.78, 5) is 33.1. The summed E-state index contributed by atoms with van der Waals surface area (Å²) in [7, 11) is 0. The average molecular weight is 440 g/mol. The van der Waals surface area contributed by atoms with Crippen molar-refractivity contribution in [1.29, 1.82) is 0 Å². The lowest BCUT2D eigenvalue weighted by Gasteiger charge is -2.58. The van der Waals surface area contributed by atoms with Crippen LogP contribution in [0, 0.1) is 0 Å². The lowest BCUT2D eigenvalue weighted by atomic mass is 9.73. The molecule has 0 bridgehead atoms. The molecule has 3 aromatic rings. The second-order valence-electron chi connectivity index (χ2n) is 8.48. The number of hydrogen-bond donors (Lipinski definition) is 1. The van der Waals surface area contributed by atoms with Gasteiger partial charge in [-0.25, -0.2) is 0 Å². The maximum Gasteiger partial charge on any atom is 0.255 e. The minimum Gasteiger partial charge on any atom is -0.394 e. The van der Waals surface area contributed by atoms with Crippen LogP contribution in [0.25, 0.3) is 12.2 Å². The number of benzene rings is 2. The smallest absolute Gasteiger partial charge is 0.255 e. The highest BCUT2D eigenvalue weighted by Crippen LogP contribution is 2.43. The standard InChI is InChI=1S/C27H25N3O3/c31-18-24-26(21-12-10-20(11-13-21)9-8-19-5-2-1-3-6-19)23-16-29(17-25(32)30(23)24)27(33)22-7-4-14-28-15-22/h1-15,23-24,26,31H,16-18H2/b9-8+/t23-,24+,26+/m1/s1. The van der Waals surface area contributed by atoms with E-state index in [1.807, 2.05) is 18.2 Å². The fourth-order valence-corrected chi connectivity index (χ4v) is 4.91. The molecule has 0 aliphatic carbocycles. The fourth-order valence-electron chi connectivity index (χ4n) is 4.91. The molecule has 1 N–H and O–H groups in total. The summed E-state index contributed by atoms with van der Waals surface area (Å²) in [5, 5.41) is 10.00. The van der Waals surface area contributed by atoms with Gasteiger partial charge in [0.1, 0.15) is 6.54 Å². The van der Waals surface area contributed by atoms with E-state index in [0.717, 1.165) is 16.7 Å². The lowest BCUT2D eigenvalue weighted by Crippen LogP contribution is -2.73. The van der Waals surface area contributed by atoms with Crippen LogP contribution in [0.3, 0.4) is 0 Å². The Bertz CT molecular complexity index is 1160. The van der Waals surface area contributed by atoms with E-state index in [4.69, 9.17) is 0 Å². The predicted molar refractivity (Wildman–Crippen MR) is 126 cm³/mol. The summed E-state index contributed by atoms with van der Waals surface area (Å²) in [6.45, 7) is 0.367. The van der Waals surface area contributed by atoms with Gasteiger partial charge in [-0.1, -0.05) is 66.7 Å². The van der Waals surface area contributed by atoms with Crippen LogP contribution in [-0.4, -0.2) is 63.5 Å². The number of nitrogens with zero attached hydrogens (tertiary/aromatic N) is 3. The van der Waals surface area contributed by atoms with Gasteiger partial charge in [0.15, 0.2) is 0 Å². The van der Waals surface area contributed by atoms with E-state index in [1.54, 1.807) is 28.1 Å². The molecule has 0 radical (unpaired) electrons. The largest absolute Gasteiger partial charge is 0.394 e. The number of fused-ring (bicyclic) bond motifs is 1. The van der Waals surface area contributed by atoms with E-state index in [1.165, 1.54) is 6.20 Å². The first kappa shape index (κ1) is 21.1. The molecule has 3 atom stereocenters. The summed E-state index contributed by atoms with van der Waals surface area (Å²) in [6.07, 6.45) is 7.27. The molecular weight excluding hydrogens is 414 g/mol. The molecule has 5 rings (SSSR count). The number of aliphatic hydroxyl groups is 1. The molecule has 0 saturated carbocycles. The number of pyridine rings is 1. The quantitative estimate of drug-likeness (QED) is 0.620. The van der Waals surface area contributed by atoms with Crippen molar-refractivity contribution in [3.8, 4) is 0 Å². The topological polar surface area (TPSA) is 73.7 Å². The van der Waals surface area contributed by atoms with E-state index in [-0.39, 0.29) is 43.0 Å². The Morgan fingerprint density at radius 2 is 1.73 bits per heavy atom. The van der Waals surface area contributed by atoms with Crippen LogP contribution in [0.5, 0.6) is 0 Å². The molecule has 0 spiro atoms. The van der Waals surface area contributed by atoms with E-state index >= 15 is 0 Å². The van der Waals surface area contributed by atoms with Crippen LogP contribution in [0.1, 0.15) is 33.0 Å². The van der Waals surface area contributed by atoms with Crippen molar-refractivity contribution in [2.24, 2.45) is 0 Å². The van der Waals surface area contributed by atoms with Gasteiger partial charge in [0.25, 0.3) is 5.91 Å². The number of amides is 2. The van der Waals surface area contributed by atoms with Crippen LogP contribution >= 0.6 is 0 Å². The molecule has 166 valence electrons. The molecule has 1 aromatic heterocycles. The summed E-state index contributed by atoms with van der Waals surface area (Å²) in [5.74, 6) is -0.333. The molecule has 33 heavy (non-hydrogen) atoms. The van der Waals surface area contributed by atoms with Crippen molar-refractivity contribution in [2.45, 2.75) is 18.0 Å². The first-order valence-electron chi connectivity index (χ1n) is 11.1. The van der Waals surface area contributed by atoms with Crippen molar-refractivity contribution in [3.05, 3.63) is 101 Å². The summed E-state index contributed by atoms with van der Waals surface area (Å²) in [5.41, 5.74) is 3.75. The zero-order valence-electron chi connectivity index (χ0n) is 18.1. The average Bonchev–Trinajstić information content (AvgIpc) is 2.85. The Hall–Kier alpha value is -3.77. The van der Waals surface area contributed by atoms with Gasteiger partial charge >= 0.3 is 0 Å². The summed E-state index contributed by atoms with van der Waals surface area (Å²) >= 11 is 0. The fraction of sp³-hybridized carbons (Fsp3) is 0.222. The molecule has 0 unspecified atom stereocenters. The van der Waals surface area contributed by atoms with Crippen molar-refractivity contribution >= 4 is 24.0 Å². The molecule has 2 saturated heterocycles. The molecule has 2 aliphatic heterocycles. The first-order chi connectivity index (χ1) is 16.2. The van der Waals surface area contributed by atoms with E-state index in [2.05, 4.69) is 53.5 Å². The van der Waals surface area contributed by atoms with Crippen molar-refractivity contribution < 1.29 is 14.7 Å². The zero-order valence-corrected chi connectivity index (χ0v) is 18.1. The molecule has 2 fully saturated rings. The Labute approximate surface area is 192 Å². The van der Waals surface area contributed by atoms with Gasteiger partial charge in [0.05, 0.1) is 24.3 Å². The third kappa shape index (κ3) is 4.05. The van der Waals surface area contributed by atoms with Crippen molar-refractivity contribution in [1.82, 2.24) is 14.8 Å². The van der Waals surface area contributed by atoms with Crippen LogP contribution < -0.4 is 0 Å². The molecule has 6 heteroatoms. The minimum absolute atomic E-state index is 0.0180. The van der Waals surface area contributed by atoms with Gasteiger partial charge in [-0.15, -0.1) is 0 Å². The SMILES string of the molecule is O=C(c1cccnc1)N1CC(=O)N2[C@H](C1)[C@H](c1ccc(/C=C/c3ccccc3)cc1)[C@@H]2CO.